The van der Waals surface area contributed by atoms with Crippen molar-refractivity contribution in [1.82, 2.24) is 0 Å². The van der Waals surface area contributed by atoms with Crippen LogP contribution in [0.4, 0.5) is 0 Å². The van der Waals surface area contributed by atoms with Crippen LogP contribution in [-0.4, -0.2) is 18.0 Å². The van der Waals surface area contributed by atoms with Crippen LogP contribution in [0.1, 0.15) is 18.6 Å². The number of rotatable bonds is 7. The monoisotopic (exact) mass is 226 g/mol. The van der Waals surface area contributed by atoms with E-state index in [0.717, 1.165) is 0 Å². The molecule has 1 rings (SSSR count). The van der Waals surface area contributed by atoms with Crippen LogP contribution in [0.3, 0.4) is 0 Å². The summed E-state index contributed by atoms with van der Waals surface area (Å²) in [4.78, 5) is 20.9. The van der Waals surface area contributed by atoms with E-state index in [-0.39, 0.29) is 12.8 Å². The molecule has 6 heteroatoms. The summed E-state index contributed by atoms with van der Waals surface area (Å²) in [7, 11) is 0. The van der Waals surface area contributed by atoms with Gasteiger partial charge in [-0.05, 0) is 18.6 Å². The Labute approximate surface area is 91.9 Å². The lowest BCUT2D eigenvalue weighted by atomic mass is 10.1. The maximum atomic E-state index is 10.7. The van der Waals surface area contributed by atoms with Crippen molar-refractivity contribution < 1.29 is 29.5 Å². The average Bonchev–Trinajstić information content (AvgIpc) is 2.69. The molecule has 1 heterocycles. The molecule has 1 aromatic heterocycles. The maximum Gasteiger partial charge on any atom is 0.157 e. The van der Waals surface area contributed by atoms with Crippen molar-refractivity contribution in [3.05, 3.63) is 24.2 Å². The third kappa shape index (κ3) is 4.14. The summed E-state index contributed by atoms with van der Waals surface area (Å²) in [6, 6.07) is 2.50. The first-order valence-corrected chi connectivity index (χ1v) is 4.86. The summed E-state index contributed by atoms with van der Waals surface area (Å²) < 4.78 is 5.02. The molecule has 0 aromatic carbocycles. The summed E-state index contributed by atoms with van der Waals surface area (Å²) in [5, 5.41) is 22.4. The van der Waals surface area contributed by atoms with E-state index in [1.165, 1.54) is 11.6 Å². The number of carboxylic acids is 2. The topological polar surface area (TPSA) is 110 Å². The molecule has 1 aromatic rings. The van der Waals surface area contributed by atoms with E-state index in [4.69, 9.17) is 4.42 Å². The van der Waals surface area contributed by atoms with Crippen LogP contribution in [0, 0.1) is 0 Å². The molecule has 88 valence electrons. The first-order chi connectivity index (χ1) is 7.59. The third-order valence-electron chi connectivity index (χ3n) is 2.15. The predicted molar refractivity (Wildman–Crippen MR) is 47.4 cm³/mol. The predicted octanol–water partition coefficient (Wildman–Crippen LogP) is -3.01. The quantitative estimate of drug-likeness (QED) is 0.532. The van der Waals surface area contributed by atoms with E-state index in [1.807, 2.05) is 0 Å². The molecular formula is C10H12NO5-. The highest BCUT2D eigenvalue weighted by Gasteiger charge is 2.13. The summed E-state index contributed by atoms with van der Waals surface area (Å²) >= 11 is 0. The van der Waals surface area contributed by atoms with Crippen molar-refractivity contribution >= 4 is 11.9 Å². The van der Waals surface area contributed by atoms with Gasteiger partial charge in [0.2, 0.25) is 0 Å². The van der Waals surface area contributed by atoms with Gasteiger partial charge in [0.25, 0.3) is 0 Å². The van der Waals surface area contributed by atoms with Crippen molar-refractivity contribution in [3.8, 4) is 0 Å². The molecular weight excluding hydrogens is 214 g/mol. The Morgan fingerprint density at radius 2 is 2.19 bits per heavy atom. The van der Waals surface area contributed by atoms with Gasteiger partial charge in [-0.25, -0.2) is 0 Å². The number of carbonyl (C=O) groups excluding carboxylic acids is 2. The molecule has 2 N–H and O–H groups in total. The number of aliphatic carboxylic acids is 2. The van der Waals surface area contributed by atoms with Gasteiger partial charge in [-0.3, -0.25) is 0 Å². The Bertz CT molecular complexity index is 346. The molecule has 0 aliphatic carbocycles. The van der Waals surface area contributed by atoms with Gasteiger partial charge in [-0.2, -0.15) is 0 Å². The van der Waals surface area contributed by atoms with E-state index in [2.05, 4.69) is 0 Å². The standard InChI is InChI=1S/C10H13NO5/c12-9(13)4-3-8(10(14)15)11-6-7-2-1-5-16-7/h1-2,5,8,11H,3-4,6H2,(H,12,13)(H,14,15)/p-1/t8-/m0/s1. The number of quaternary nitrogens is 1. The number of nitrogens with two attached hydrogens (primary N) is 1. The molecule has 0 aliphatic rings. The number of carboxylic acid groups (broad SMARTS) is 2. The molecule has 1 atom stereocenters. The lowest BCUT2D eigenvalue weighted by Crippen LogP contribution is -2.91. The Morgan fingerprint density at radius 1 is 1.44 bits per heavy atom. The Balaban J connectivity index is 2.39. The minimum Gasteiger partial charge on any atom is -0.550 e. The summed E-state index contributed by atoms with van der Waals surface area (Å²) in [5.74, 6) is -1.93. The van der Waals surface area contributed by atoms with Crippen LogP contribution >= 0.6 is 0 Å². The smallest absolute Gasteiger partial charge is 0.157 e. The van der Waals surface area contributed by atoms with Crippen LogP contribution in [0.2, 0.25) is 0 Å². The van der Waals surface area contributed by atoms with Crippen LogP contribution in [0.5, 0.6) is 0 Å². The fourth-order valence-corrected chi connectivity index (χ4v) is 1.29. The average molecular weight is 226 g/mol. The first-order valence-electron chi connectivity index (χ1n) is 4.86. The second kappa shape index (κ2) is 5.92. The number of hydrogen-bond donors (Lipinski definition) is 1. The maximum absolute atomic E-state index is 10.7. The summed E-state index contributed by atoms with van der Waals surface area (Å²) in [6.45, 7) is 0.332. The minimum atomic E-state index is -1.28. The zero-order valence-corrected chi connectivity index (χ0v) is 8.55. The molecule has 0 saturated carbocycles. The molecule has 0 bridgehead atoms. The lowest BCUT2D eigenvalue weighted by Gasteiger charge is -2.15. The van der Waals surface area contributed by atoms with Crippen LogP contribution < -0.4 is 15.5 Å². The van der Waals surface area contributed by atoms with Crippen LogP contribution in [0.25, 0.3) is 0 Å². The number of carbonyl (C=O) groups is 2. The highest BCUT2D eigenvalue weighted by atomic mass is 16.4. The van der Waals surface area contributed by atoms with E-state index in [1.54, 1.807) is 12.1 Å². The van der Waals surface area contributed by atoms with Crippen molar-refractivity contribution in [2.24, 2.45) is 0 Å². The Kier molecular flexibility index (Phi) is 4.53. The second-order valence-corrected chi connectivity index (χ2v) is 3.36. The lowest BCUT2D eigenvalue weighted by molar-refractivity contribution is -0.700. The molecule has 0 fully saturated rings. The van der Waals surface area contributed by atoms with Crippen molar-refractivity contribution in [2.45, 2.75) is 25.4 Å². The Morgan fingerprint density at radius 3 is 2.69 bits per heavy atom. The summed E-state index contributed by atoms with van der Waals surface area (Å²) in [5.41, 5.74) is 0. The van der Waals surface area contributed by atoms with Gasteiger partial charge in [0.05, 0.1) is 12.2 Å². The van der Waals surface area contributed by atoms with Gasteiger partial charge >= 0.3 is 0 Å². The highest BCUT2D eigenvalue weighted by molar-refractivity contribution is 5.71. The molecule has 0 saturated heterocycles. The number of hydrogen-bond acceptors (Lipinski definition) is 5. The van der Waals surface area contributed by atoms with Gasteiger partial charge in [-0.15, -0.1) is 0 Å². The van der Waals surface area contributed by atoms with Gasteiger partial charge in [0, 0.05) is 12.4 Å². The molecule has 6 nitrogen and oxygen atoms in total. The first kappa shape index (κ1) is 12.3. The fourth-order valence-electron chi connectivity index (χ4n) is 1.29. The molecule has 0 radical (unpaired) electrons. The van der Waals surface area contributed by atoms with Crippen LogP contribution in [-0.2, 0) is 16.1 Å². The normalized spacial score (nSPS) is 12.2. The summed E-state index contributed by atoms with van der Waals surface area (Å²) in [6.07, 6.45) is 1.16. The van der Waals surface area contributed by atoms with Gasteiger partial charge in [0.1, 0.15) is 12.6 Å². The largest absolute Gasteiger partial charge is 0.550 e. The molecule has 0 aliphatic heterocycles. The molecule has 0 spiro atoms. The van der Waals surface area contributed by atoms with E-state index in [9.17, 15) is 19.8 Å². The van der Waals surface area contributed by atoms with E-state index in [0.29, 0.717) is 12.3 Å². The molecule has 0 unspecified atom stereocenters. The minimum absolute atomic E-state index is 0.0224. The third-order valence-corrected chi connectivity index (χ3v) is 2.15. The zero-order valence-electron chi connectivity index (χ0n) is 8.55. The fraction of sp³-hybridized carbons (Fsp3) is 0.400. The van der Waals surface area contributed by atoms with E-state index >= 15 is 0 Å². The van der Waals surface area contributed by atoms with Gasteiger partial charge in [0.15, 0.2) is 5.76 Å². The molecule has 16 heavy (non-hydrogen) atoms. The van der Waals surface area contributed by atoms with Gasteiger partial charge < -0.3 is 29.5 Å². The van der Waals surface area contributed by atoms with Gasteiger partial charge in [-0.1, -0.05) is 0 Å². The number of furan rings is 1. The van der Waals surface area contributed by atoms with Crippen molar-refractivity contribution in [3.63, 3.8) is 0 Å². The van der Waals surface area contributed by atoms with Crippen LogP contribution in [0.15, 0.2) is 22.8 Å². The Hall–Kier alpha value is -1.82. The van der Waals surface area contributed by atoms with Crippen molar-refractivity contribution in [1.29, 1.82) is 0 Å². The second-order valence-electron chi connectivity index (χ2n) is 3.36. The highest BCUT2D eigenvalue weighted by Crippen LogP contribution is 1.97. The SMILES string of the molecule is O=C([O-])CC[C@H]([NH2+]Cc1ccco1)C(=O)[O-]. The van der Waals surface area contributed by atoms with E-state index < -0.39 is 18.0 Å². The van der Waals surface area contributed by atoms with Crippen molar-refractivity contribution in [2.75, 3.05) is 0 Å². The zero-order chi connectivity index (χ0) is 12.0. The molecule has 0 amide bonds.